The van der Waals surface area contributed by atoms with Crippen LogP contribution in [0.25, 0.3) is 0 Å². The first-order valence-electron chi connectivity index (χ1n) is 5.93. The van der Waals surface area contributed by atoms with E-state index < -0.39 is 13.7 Å². The molecule has 0 aromatic rings. The maximum absolute atomic E-state index is 11.3. The SMILES string of the molecule is C[Si](C)(C)C#CC[C@]12CCC(=O)C=C1OCO2. The average Bonchev–Trinajstić information content (AvgIpc) is 2.59. The van der Waals surface area contributed by atoms with Gasteiger partial charge in [0.25, 0.3) is 0 Å². The van der Waals surface area contributed by atoms with Crippen molar-refractivity contribution in [1.82, 2.24) is 0 Å². The van der Waals surface area contributed by atoms with Gasteiger partial charge in [0.05, 0.1) is 0 Å². The van der Waals surface area contributed by atoms with Gasteiger partial charge in [0.2, 0.25) is 0 Å². The summed E-state index contributed by atoms with van der Waals surface area (Å²) in [7, 11) is -1.35. The van der Waals surface area contributed by atoms with E-state index in [4.69, 9.17) is 9.47 Å². The number of hydrogen-bond acceptors (Lipinski definition) is 3. The standard InChI is InChI=1S/C13H18O3Si/c1-17(2,3)8-4-6-13-7-5-11(14)9-12(13)15-10-16-13/h9H,5-7,10H2,1-3H3/t13-/m0/s1. The lowest BCUT2D eigenvalue weighted by atomic mass is 9.86. The fraction of sp³-hybridized carbons (Fsp3) is 0.615. The van der Waals surface area contributed by atoms with E-state index in [1.165, 1.54) is 0 Å². The van der Waals surface area contributed by atoms with E-state index >= 15 is 0 Å². The molecule has 1 saturated heterocycles. The molecule has 0 saturated carbocycles. The van der Waals surface area contributed by atoms with E-state index in [9.17, 15) is 4.79 Å². The van der Waals surface area contributed by atoms with E-state index in [2.05, 4.69) is 31.1 Å². The number of rotatable bonds is 1. The smallest absolute Gasteiger partial charge is 0.189 e. The third kappa shape index (κ3) is 2.79. The Labute approximate surface area is 103 Å². The van der Waals surface area contributed by atoms with Crippen molar-refractivity contribution in [2.45, 2.75) is 44.5 Å². The van der Waals surface area contributed by atoms with Crippen molar-refractivity contribution in [2.24, 2.45) is 0 Å². The summed E-state index contributed by atoms with van der Waals surface area (Å²) < 4.78 is 11.1. The highest BCUT2D eigenvalue weighted by Gasteiger charge is 2.44. The van der Waals surface area contributed by atoms with Gasteiger partial charge in [0.15, 0.2) is 12.6 Å². The summed E-state index contributed by atoms with van der Waals surface area (Å²) in [5.74, 6) is 4.03. The summed E-state index contributed by atoms with van der Waals surface area (Å²) in [6.45, 7) is 6.88. The lowest BCUT2D eigenvalue weighted by Crippen LogP contribution is -2.33. The number of ether oxygens (including phenoxy) is 2. The van der Waals surface area contributed by atoms with Crippen LogP contribution in [0.1, 0.15) is 19.3 Å². The molecule has 1 heterocycles. The van der Waals surface area contributed by atoms with Gasteiger partial charge in [0.1, 0.15) is 19.4 Å². The molecular weight excluding hydrogens is 232 g/mol. The maximum atomic E-state index is 11.3. The molecule has 0 aromatic heterocycles. The summed E-state index contributed by atoms with van der Waals surface area (Å²) in [6, 6.07) is 0. The molecule has 0 bridgehead atoms. The Morgan fingerprint density at radius 1 is 1.47 bits per heavy atom. The molecule has 0 unspecified atom stereocenters. The largest absolute Gasteiger partial charge is 0.469 e. The van der Waals surface area contributed by atoms with E-state index in [1.807, 2.05) is 0 Å². The van der Waals surface area contributed by atoms with Crippen LogP contribution >= 0.6 is 0 Å². The van der Waals surface area contributed by atoms with Crippen LogP contribution < -0.4 is 0 Å². The Bertz CT molecular complexity index is 422. The minimum Gasteiger partial charge on any atom is -0.469 e. The lowest BCUT2D eigenvalue weighted by molar-refractivity contribution is -0.116. The molecule has 0 aromatic carbocycles. The molecule has 1 fully saturated rings. The Morgan fingerprint density at radius 3 is 2.94 bits per heavy atom. The first kappa shape index (κ1) is 12.4. The van der Waals surface area contributed by atoms with Gasteiger partial charge in [-0.05, 0) is 6.42 Å². The lowest BCUT2D eigenvalue weighted by Gasteiger charge is -2.27. The van der Waals surface area contributed by atoms with E-state index in [0.717, 1.165) is 0 Å². The second kappa shape index (κ2) is 4.32. The van der Waals surface area contributed by atoms with E-state index in [-0.39, 0.29) is 12.6 Å². The normalized spacial score (nSPS) is 27.7. The highest BCUT2D eigenvalue weighted by molar-refractivity contribution is 6.83. The number of fused-ring (bicyclic) bond motifs is 1. The highest BCUT2D eigenvalue weighted by Crippen LogP contribution is 2.39. The third-order valence-electron chi connectivity index (χ3n) is 2.90. The van der Waals surface area contributed by atoms with Crippen molar-refractivity contribution >= 4 is 13.9 Å². The van der Waals surface area contributed by atoms with Crippen LogP contribution in [0.4, 0.5) is 0 Å². The molecule has 92 valence electrons. The maximum Gasteiger partial charge on any atom is 0.189 e. The van der Waals surface area contributed by atoms with E-state index in [0.29, 0.717) is 25.0 Å². The molecule has 0 spiro atoms. The predicted octanol–water partition coefficient (Wildman–Crippen LogP) is 2.25. The van der Waals surface area contributed by atoms with Crippen molar-refractivity contribution in [1.29, 1.82) is 0 Å². The molecule has 1 atom stereocenters. The Hall–Kier alpha value is -1.05. The van der Waals surface area contributed by atoms with Crippen molar-refractivity contribution in [3.05, 3.63) is 11.8 Å². The second-order valence-electron chi connectivity index (χ2n) is 5.60. The quantitative estimate of drug-likeness (QED) is 0.529. The first-order valence-corrected chi connectivity index (χ1v) is 9.43. The van der Waals surface area contributed by atoms with Crippen LogP contribution in [0, 0.1) is 11.5 Å². The summed E-state index contributed by atoms with van der Waals surface area (Å²) in [5.41, 5.74) is 2.89. The number of carbonyl (C=O) groups excluding carboxylic acids is 1. The molecule has 0 N–H and O–H groups in total. The zero-order valence-corrected chi connectivity index (χ0v) is 11.6. The van der Waals surface area contributed by atoms with Crippen molar-refractivity contribution in [3.63, 3.8) is 0 Å². The van der Waals surface area contributed by atoms with E-state index in [1.54, 1.807) is 6.08 Å². The Balaban J connectivity index is 2.15. The van der Waals surface area contributed by atoms with Crippen molar-refractivity contribution < 1.29 is 14.3 Å². The van der Waals surface area contributed by atoms with Crippen molar-refractivity contribution in [3.8, 4) is 11.5 Å². The molecule has 1 aliphatic carbocycles. The van der Waals surface area contributed by atoms with Gasteiger partial charge >= 0.3 is 0 Å². The van der Waals surface area contributed by atoms with Crippen LogP contribution in [0.15, 0.2) is 11.8 Å². The minimum absolute atomic E-state index is 0.124. The topological polar surface area (TPSA) is 35.5 Å². The fourth-order valence-corrected chi connectivity index (χ4v) is 2.62. The molecule has 0 radical (unpaired) electrons. The van der Waals surface area contributed by atoms with Crippen LogP contribution in [-0.2, 0) is 14.3 Å². The van der Waals surface area contributed by atoms with Crippen LogP contribution in [0.5, 0.6) is 0 Å². The van der Waals surface area contributed by atoms with Gasteiger partial charge in [0, 0.05) is 18.9 Å². The third-order valence-corrected chi connectivity index (χ3v) is 3.83. The predicted molar refractivity (Wildman–Crippen MR) is 67.8 cm³/mol. The second-order valence-corrected chi connectivity index (χ2v) is 10.4. The molecule has 1 aliphatic heterocycles. The zero-order chi connectivity index (χ0) is 12.5. The Kier molecular flexibility index (Phi) is 3.15. The fourth-order valence-electron chi connectivity index (χ4n) is 2.00. The monoisotopic (exact) mass is 250 g/mol. The summed E-state index contributed by atoms with van der Waals surface area (Å²) >= 11 is 0. The minimum atomic E-state index is -1.35. The van der Waals surface area contributed by atoms with Gasteiger partial charge in [-0.3, -0.25) is 4.79 Å². The molecule has 2 rings (SSSR count). The molecule has 0 amide bonds. The molecule has 4 heteroatoms. The van der Waals surface area contributed by atoms with Gasteiger partial charge in [-0.25, -0.2) is 0 Å². The molecular formula is C13H18O3Si. The summed E-state index contributed by atoms with van der Waals surface area (Å²) in [6.07, 6.45) is 3.43. The molecule has 3 nitrogen and oxygen atoms in total. The van der Waals surface area contributed by atoms with Crippen LogP contribution in [0.2, 0.25) is 19.6 Å². The molecule has 2 aliphatic rings. The van der Waals surface area contributed by atoms with Crippen LogP contribution in [-0.4, -0.2) is 26.3 Å². The number of ketones is 1. The number of carbonyl (C=O) groups is 1. The highest BCUT2D eigenvalue weighted by atomic mass is 28.3. The Morgan fingerprint density at radius 2 is 2.24 bits per heavy atom. The average molecular weight is 250 g/mol. The number of hydrogen-bond donors (Lipinski definition) is 0. The van der Waals surface area contributed by atoms with Crippen LogP contribution in [0.3, 0.4) is 0 Å². The van der Waals surface area contributed by atoms with Gasteiger partial charge in [-0.1, -0.05) is 19.6 Å². The van der Waals surface area contributed by atoms with Crippen molar-refractivity contribution in [2.75, 3.05) is 6.79 Å². The number of allylic oxidation sites excluding steroid dienone is 1. The van der Waals surface area contributed by atoms with Gasteiger partial charge in [-0.2, -0.15) is 0 Å². The molecule has 17 heavy (non-hydrogen) atoms. The van der Waals surface area contributed by atoms with Gasteiger partial charge < -0.3 is 9.47 Å². The van der Waals surface area contributed by atoms with Gasteiger partial charge in [-0.15, -0.1) is 11.5 Å². The summed E-state index contributed by atoms with van der Waals surface area (Å²) in [5, 5.41) is 0. The first-order chi connectivity index (χ1) is 7.91. The zero-order valence-electron chi connectivity index (χ0n) is 10.6. The summed E-state index contributed by atoms with van der Waals surface area (Å²) in [4.78, 5) is 11.3.